The highest BCUT2D eigenvalue weighted by atomic mass is 35.5. The van der Waals surface area contributed by atoms with Gasteiger partial charge in [0.25, 0.3) is 0 Å². The number of benzene rings is 1. The van der Waals surface area contributed by atoms with Gasteiger partial charge in [0.05, 0.1) is 4.88 Å². The zero-order valence-electron chi connectivity index (χ0n) is 14.5. The normalized spacial score (nSPS) is 16.7. The van der Waals surface area contributed by atoms with E-state index in [0.717, 1.165) is 41.0 Å². The van der Waals surface area contributed by atoms with Crippen LogP contribution in [0.1, 0.15) is 18.5 Å². The quantitative estimate of drug-likeness (QED) is 0.653. The Kier molecular flexibility index (Phi) is 6.61. The molecule has 136 valence electrons. The Bertz CT molecular complexity index is 815. The number of pyridine rings is 1. The van der Waals surface area contributed by atoms with Crippen molar-refractivity contribution in [3.8, 4) is 10.4 Å². The summed E-state index contributed by atoms with van der Waals surface area (Å²) < 4.78 is 0. The molecule has 0 spiro atoms. The average Bonchev–Trinajstić information content (AvgIpc) is 3.12. The molecular weight excluding hydrogens is 364 g/mol. The average molecular weight is 387 g/mol. The number of nitrogens with zero attached hydrogens (tertiary/aromatic N) is 2. The highest BCUT2D eigenvalue weighted by Gasteiger charge is 2.14. The Labute approximate surface area is 164 Å². The summed E-state index contributed by atoms with van der Waals surface area (Å²) in [6, 6.07) is 16.5. The fourth-order valence-electron chi connectivity index (χ4n) is 3.23. The van der Waals surface area contributed by atoms with Crippen LogP contribution in [0.3, 0.4) is 0 Å². The predicted molar refractivity (Wildman–Crippen MR) is 112 cm³/mol. The molecule has 2 N–H and O–H groups in total. The van der Waals surface area contributed by atoms with Gasteiger partial charge in [0.15, 0.2) is 5.13 Å². The van der Waals surface area contributed by atoms with Crippen molar-refractivity contribution in [3.63, 3.8) is 0 Å². The maximum atomic E-state index is 4.77. The molecule has 4 nitrogen and oxygen atoms in total. The van der Waals surface area contributed by atoms with E-state index in [-0.39, 0.29) is 12.4 Å². The third kappa shape index (κ3) is 4.81. The number of aromatic nitrogens is 2. The summed E-state index contributed by atoms with van der Waals surface area (Å²) in [6.45, 7) is 2.26. The second-order valence-corrected chi connectivity index (χ2v) is 7.48. The highest BCUT2D eigenvalue weighted by Crippen LogP contribution is 2.30. The second kappa shape index (κ2) is 9.12. The van der Waals surface area contributed by atoms with Gasteiger partial charge in [-0.15, -0.1) is 12.4 Å². The Morgan fingerprint density at radius 1 is 1.12 bits per heavy atom. The van der Waals surface area contributed by atoms with E-state index in [1.807, 2.05) is 30.5 Å². The standard InChI is InChI=1S/C20H22N4S.ClH/c1-2-7-16(8-3-1)18-14-22-20(25-18)24-19-10-4-9-17(23-19)12-15-6-5-11-21-13-15;/h1-4,7-10,14-15,21H,5-6,11-13H2,(H,22,23,24);1H. The van der Waals surface area contributed by atoms with E-state index < -0.39 is 0 Å². The number of anilines is 2. The van der Waals surface area contributed by atoms with Crippen molar-refractivity contribution >= 4 is 34.7 Å². The number of nitrogens with one attached hydrogen (secondary N) is 2. The van der Waals surface area contributed by atoms with E-state index in [9.17, 15) is 0 Å². The lowest BCUT2D eigenvalue weighted by molar-refractivity contribution is 0.373. The summed E-state index contributed by atoms with van der Waals surface area (Å²) in [4.78, 5) is 10.4. The van der Waals surface area contributed by atoms with Crippen LogP contribution in [0.2, 0.25) is 0 Å². The van der Waals surface area contributed by atoms with Crippen molar-refractivity contribution in [1.82, 2.24) is 15.3 Å². The van der Waals surface area contributed by atoms with Crippen molar-refractivity contribution in [2.45, 2.75) is 19.3 Å². The van der Waals surface area contributed by atoms with Crippen molar-refractivity contribution in [1.29, 1.82) is 0 Å². The van der Waals surface area contributed by atoms with Gasteiger partial charge in [0.1, 0.15) is 5.82 Å². The molecule has 26 heavy (non-hydrogen) atoms. The summed E-state index contributed by atoms with van der Waals surface area (Å²) in [5.74, 6) is 1.57. The van der Waals surface area contributed by atoms with Crippen molar-refractivity contribution in [2.24, 2.45) is 5.92 Å². The largest absolute Gasteiger partial charge is 0.316 e. The molecule has 1 atom stereocenters. The molecule has 6 heteroatoms. The van der Waals surface area contributed by atoms with Crippen molar-refractivity contribution in [2.75, 3.05) is 18.4 Å². The molecular formula is C20H23ClN4S. The molecule has 0 bridgehead atoms. The first-order valence-electron chi connectivity index (χ1n) is 8.82. The lowest BCUT2D eigenvalue weighted by atomic mass is 9.94. The first-order valence-corrected chi connectivity index (χ1v) is 9.63. The van der Waals surface area contributed by atoms with Gasteiger partial charge < -0.3 is 10.6 Å². The van der Waals surface area contributed by atoms with Crippen molar-refractivity contribution < 1.29 is 0 Å². The summed E-state index contributed by atoms with van der Waals surface area (Å²) in [5.41, 5.74) is 2.35. The van der Waals surface area contributed by atoms with Gasteiger partial charge in [-0.3, -0.25) is 0 Å². The molecule has 1 saturated heterocycles. The topological polar surface area (TPSA) is 49.8 Å². The lowest BCUT2D eigenvalue weighted by Gasteiger charge is -2.22. The minimum absolute atomic E-state index is 0. The Balaban J connectivity index is 0.00000196. The van der Waals surface area contributed by atoms with Gasteiger partial charge in [-0.2, -0.15) is 0 Å². The molecule has 1 fully saturated rings. The van der Waals surface area contributed by atoms with Crippen LogP contribution in [0.15, 0.2) is 54.7 Å². The van der Waals surface area contributed by atoms with E-state index in [0.29, 0.717) is 5.92 Å². The first kappa shape index (κ1) is 18.8. The van der Waals surface area contributed by atoms with Crippen LogP contribution in [0.5, 0.6) is 0 Å². The summed E-state index contributed by atoms with van der Waals surface area (Å²) in [6.07, 6.45) is 5.51. The van der Waals surface area contributed by atoms with Gasteiger partial charge in [-0.05, 0) is 56.0 Å². The molecule has 1 aromatic carbocycles. The number of hydrogen-bond acceptors (Lipinski definition) is 5. The third-order valence-electron chi connectivity index (χ3n) is 4.50. The van der Waals surface area contributed by atoms with Gasteiger partial charge in [0, 0.05) is 11.9 Å². The molecule has 1 aliphatic heterocycles. The number of rotatable bonds is 5. The van der Waals surface area contributed by atoms with Gasteiger partial charge in [-0.25, -0.2) is 9.97 Å². The van der Waals surface area contributed by atoms with Crippen LogP contribution >= 0.6 is 23.7 Å². The maximum absolute atomic E-state index is 4.77. The molecule has 0 aliphatic carbocycles. The highest BCUT2D eigenvalue weighted by molar-refractivity contribution is 7.18. The van der Waals surface area contributed by atoms with Gasteiger partial charge in [0.2, 0.25) is 0 Å². The van der Waals surface area contributed by atoms with E-state index >= 15 is 0 Å². The maximum Gasteiger partial charge on any atom is 0.188 e. The summed E-state index contributed by atoms with van der Waals surface area (Å²) in [7, 11) is 0. The number of piperidine rings is 1. The molecule has 1 unspecified atom stereocenters. The van der Waals surface area contributed by atoms with E-state index in [1.165, 1.54) is 18.4 Å². The zero-order valence-corrected chi connectivity index (χ0v) is 16.2. The second-order valence-electron chi connectivity index (χ2n) is 6.45. The fraction of sp³-hybridized carbons (Fsp3) is 0.300. The smallest absolute Gasteiger partial charge is 0.188 e. The summed E-state index contributed by atoms with van der Waals surface area (Å²) in [5, 5.41) is 7.71. The van der Waals surface area contributed by atoms with E-state index in [4.69, 9.17) is 4.98 Å². The monoisotopic (exact) mass is 386 g/mol. The Hall–Kier alpha value is -1.95. The van der Waals surface area contributed by atoms with Crippen LogP contribution < -0.4 is 10.6 Å². The predicted octanol–water partition coefficient (Wildman–Crippen LogP) is 4.91. The molecule has 0 amide bonds. The van der Waals surface area contributed by atoms with Crippen LogP contribution in [0.4, 0.5) is 10.9 Å². The van der Waals surface area contributed by atoms with Crippen LogP contribution in [0.25, 0.3) is 10.4 Å². The molecule has 3 aromatic rings. The lowest BCUT2D eigenvalue weighted by Crippen LogP contribution is -2.31. The molecule has 1 aliphatic rings. The Morgan fingerprint density at radius 3 is 2.81 bits per heavy atom. The minimum atomic E-state index is 0. The van der Waals surface area contributed by atoms with E-state index in [2.05, 4.69) is 39.9 Å². The Morgan fingerprint density at radius 2 is 2.00 bits per heavy atom. The van der Waals surface area contributed by atoms with Crippen LogP contribution in [-0.2, 0) is 6.42 Å². The van der Waals surface area contributed by atoms with Gasteiger partial charge in [-0.1, -0.05) is 47.7 Å². The van der Waals surface area contributed by atoms with Crippen molar-refractivity contribution in [3.05, 3.63) is 60.4 Å². The molecule has 4 rings (SSSR count). The van der Waals surface area contributed by atoms with Crippen LogP contribution in [-0.4, -0.2) is 23.1 Å². The number of thiazole rings is 1. The summed E-state index contributed by atoms with van der Waals surface area (Å²) >= 11 is 1.65. The number of halogens is 1. The van der Waals surface area contributed by atoms with Gasteiger partial charge >= 0.3 is 0 Å². The molecule has 0 saturated carbocycles. The molecule has 3 heterocycles. The fourth-order valence-corrected chi connectivity index (χ4v) is 4.06. The third-order valence-corrected chi connectivity index (χ3v) is 5.46. The first-order chi connectivity index (χ1) is 12.4. The number of hydrogen-bond donors (Lipinski definition) is 2. The van der Waals surface area contributed by atoms with E-state index in [1.54, 1.807) is 11.3 Å². The molecule has 2 aromatic heterocycles. The van der Waals surface area contributed by atoms with Crippen LogP contribution in [0, 0.1) is 5.92 Å². The minimum Gasteiger partial charge on any atom is -0.316 e. The SMILES string of the molecule is Cl.c1ccc(-c2cnc(Nc3cccc(CC4CCCNC4)n3)s2)cc1. The molecule has 0 radical (unpaired) electrons. The zero-order chi connectivity index (χ0) is 16.9.